The Hall–Kier alpha value is -2.70. The van der Waals surface area contributed by atoms with Gasteiger partial charge in [-0.1, -0.05) is 11.2 Å². The second-order valence-electron chi connectivity index (χ2n) is 3.50. The maximum atomic E-state index is 11.7. The second-order valence-corrected chi connectivity index (χ2v) is 3.50. The molecule has 0 aliphatic carbocycles. The molecule has 7 heteroatoms. The lowest BCUT2D eigenvalue weighted by Gasteiger charge is -2.01. The van der Waals surface area contributed by atoms with Crippen molar-refractivity contribution in [1.29, 1.82) is 0 Å². The number of nitrogens with one attached hydrogen (secondary N) is 1. The van der Waals surface area contributed by atoms with Gasteiger partial charge in [-0.25, -0.2) is 9.78 Å². The van der Waals surface area contributed by atoms with Gasteiger partial charge in [-0.2, -0.15) is 0 Å². The number of anilines is 1. The van der Waals surface area contributed by atoms with E-state index in [1.54, 1.807) is 13.0 Å². The molecule has 0 saturated carbocycles. The van der Waals surface area contributed by atoms with Crippen LogP contribution < -0.4 is 5.32 Å². The first-order chi connectivity index (χ1) is 8.56. The van der Waals surface area contributed by atoms with Crippen LogP contribution in [0.4, 0.5) is 5.88 Å². The average molecular weight is 247 g/mol. The highest BCUT2D eigenvalue weighted by molar-refractivity contribution is 6.02. The number of hydrogen-bond donors (Lipinski definition) is 2. The van der Waals surface area contributed by atoms with Crippen molar-refractivity contribution in [3.8, 4) is 0 Å². The predicted molar refractivity (Wildman–Crippen MR) is 60.4 cm³/mol. The minimum Gasteiger partial charge on any atom is -0.477 e. The summed E-state index contributed by atoms with van der Waals surface area (Å²) in [6, 6.07) is 5.69. The number of hydrogen-bond acceptors (Lipinski definition) is 5. The Bertz CT molecular complexity index is 606. The Kier molecular flexibility index (Phi) is 3.05. The van der Waals surface area contributed by atoms with Crippen molar-refractivity contribution < 1.29 is 19.2 Å². The van der Waals surface area contributed by atoms with Crippen LogP contribution in [0, 0.1) is 6.92 Å². The predicted octanol–water partition coefficient (Wildman–Crippen LogP) is 1.33. The van der Waals surface area contributed by atoms with Gasteiger partial charge in [0.05, 0.1) is 5.69 Å². The number of carbonyl (C=O) groups is 2. The monoisotopic (exact) mass is 247 g/mol. The van der Waals surface area contributed by atoms with Crippen LogP contribution in [0.1, 0.15) is 26.7 Å². The summed E-state index contributed by atoms with van der Waals surface area (Å²) in [5.74, 6) is -1.57. The molecule has 0 radical (unpaired) electrons. The Labute approximate surface area is 101 Å². The molecule has 0 aliphatic rings. The first kappa shape index (κ1) is 11.8. The summed E-state index contributed by atoms with van der Waals surface area (Å²) < 4.78 is 4.81. The van der Waals surface area contributed by atoms with Gasteiger partial charge in [0.25, 0.3) is 5.91 Å². The summed E-state index contributed by atoms with van der Waals surface area (Å²) in [5.41, 5.74) is 0.415. The van der Waals surface area contributed by atoms with Crippen LogP contribution >= 0.6 is 0 Å². The summed E-state index contributed by atoms with van der Waals surface area (Å²) in [6.45, 7) is 1.71. The van der Waals surface area contributed by atoms with Crippen LogP contribution in [0.3, 0.4) is 0 Å². The second kappa shape index (κ2) is 4.66. The number of pyridine rings is 1. The van der Waals surface area contributed by atoms with E-state index in [9.17, 15) is 9.59 Å². The lowest BCUT2D eigenvalue weighted by Crippen LogP contribution is -2.15. The van der Waals surface area contributed by atoms with E-state index < -0.39 is 11.9 Å². The van der Waals surface area contributed by atoms with E-state index in [0.717, 1.165) is 0 Å². The number of nitrogens with zero attached hydrogens (tertiary/aromatic N) is 2. The fraction of sp³-hybridized carbons (Fsp3) is 0.0909. The van der Waals surface area contributed by atoms with Gasteiger partial charge in [-0.3, -0.25) is 10.1 Å². The maximum Gasteiger partial charge on any atom is 0.354 e. The number of aromatic nitrogens is 2. The van der Waals surface area contributed by atoms with Gasteiger partial charge >= 0.3 is 5.97 Å². The summed E-state index contributed by atoms with van der Waals surface area (Å²) in [7, 11) is 0. The number of amides is 1. The van der Waals surface area contributed by atoms with Crippen LogP contribution in [0.15, 0.2) is 28.8 Å². The molecule has 0 atom stereocenters. The topological polar surface area (TPSA) is 105 Å². The van der Waals surface area contributed by atoms with Gasteiger partial charge in [0.2, 0.25) is 5.88 Å². The van der Waals surface area contributed by atoms with Gasteiger partial charge in [0.1, 0.15) is 11.4 Å². The number of carboxylic acid groups (broad SMARTS) is 1. The fourth-order valence-electron chi connectivity index (χ4n) is 1.28. The third-order valence-corrected chi connectivity index (χ3v) is 2.07. The molecule has 0 spiro atoms. The Morgan fingerprint density at radius 1 is 1.33 bits per heavy atom. The highest BCUT2D eigenvalue weighted by Gasteiger charge is 2.13. The van der Waals surface area contributed by atoms with Gasteiger partial charge in [0.15, 0.2) is 0 Å². The third kappa shape index (κ3) is 2.51. The fourth-order valence-corrected chi connectivity index (χ4v) is 1.28. The van der Waals surface area contributed by atoms with E-state index in [-0.39, 0.29) is 17.3 Å². The van der Waals surface area contributed by atoms with Crippen LogP contribution in [-0.4, -0.2) is 27.1 Å². The number of aromatic carboxylic acids is 1. The quantitative estimate of drug-likeness (QED) is 0.847. The Morgan fingerprint density at radius 2 is 2.06 bits per heavy atom. The molecule has 2 rings (SSSR count). The lowest BCUT2D eigenvalue weighted by molar-refractivity contribution is 0.0690. The van der Waals surface area contributed by atoms with Gasteiger partial charge in [-0.15, -0.1) is 0 Å². The normalized spacial score (nSPS) is 10.1. The number of aryl methyl sites for hydroxylation is 1. The van der Waals surface area contributed by atoms with Crippen LogP contribution in [-0.2, 0) is 0 Å². The Balaban J connectivity index is 2.18. The van der Waals surface area contributed by atoms with Gasteiger partial charge in [0, 0.05) is 6.07 Å². The molecule has 2 N–H and O–H groups in total. The molecule has 0 aliphatic heterocycles. The van der Waals surface area contributed by atoms with Crippen molar-refractivity contribution in [3.05, 3.63) is 41.3 Å². The molecule has 0 fully saturated rings. The zero-order valence-electron chi connectivity index (χ0n) is 9.38. The highest BCUT2D eigenvalue weighted by Crippen LogP contribution is 2.10. The Morgan fingerprint density at radius 3 is 2.67 bits per heavy atom. The first-order valence-electron chi connectivity index (χ1n) is 5.01. The zero-order chi connectivity index (χ0) is 13.1. The van der Waals surface area contributed by atoms with E-state index in [1.807, 2.05) is 0 Å². The van der Waals surface area contributed by atoms with Crippen molar-refractivity contribution in [2.75, 3.05) is 5.32 Å². The number of carbonyl (C=O) groups excluding carboxylic acids is 1. The van der Waals surface area contributed by atoms with Gasteiger partial charge < -0.3 is 9.63 Å². The molecule has 18 heavy (non-hydrogen) atoms. The van der Waals surface area contributed by atoms with Crippen molar-refractivity contribution in [1.82, 2.24) is 10.1 Å². The molecular weight excluding hydrogens is 238 g/mol. The summed E-state index contributed by atoms with van der Waals surface area (Å²) in [4.78, 5) is 26.2. The average Bonchev–Trinajstić information content (AvgIpc) is 2.75. The van der Waals surface area contributed by atoms with Crippen LogP contribution in [0.25, 0.3) is 0 Å². The zero-order valence-corrected chi connectivity index (χ0v) is 9.38. The molecule has 2 aromatic rings. The largest absolute Gasteiger partial charge is 0.477 e. The number of rotatable bonds is 3. The molecule has 92 valence electrons. The van der Waals surface area contributed by atoms with Crippen molar-refractivity contribution in [3.63, 3.8) is 0 Å². The van der Waals surface area contributed by atoms with E-state index in [0.29, 0.717) is 5.69 Å². The third-order valence-electron chi connectivity index (χ3n) is 2.07. The molecule has 2 heterocycles. The standard InChI is InChI=1S/C11H9N3O4/c1-6-5-9(18-14-6)13-10(15)7-3-2-4-8(12-7)11(16)17/h2-5H,1H3,(H,13,15)(H,16,17). The lowest BCUT2D eigenvalue weighted by atomic mass is 10.3. The van der Waals surface area contributed by atoms with Crippen molar-refractivity contribution in [2.45, 2.75) is 6.92 Å². The van der Waals surface area contributed by atoms with Gasteiger partial charge in [-0.05, 0) is 19.1 Å². The molecule has 2 aromatic heterocycles. The molecule has 0 bridgehead atoms. The summed E-state index contributed by atoms with van der Waals surface area (Å²) in [6.07, 6.45) is 0. The molecular formula is C11H9N3O4. The van der Waals surface area contributed by atoms with E-state index in [2.05, 4.69) is 15.5 Å². The van der Waals surface area contributed by atoms with E-state index >= 15 is 0 Å². The SMILES string of the molecule is Cc1cc(NC(=O)c2cccc(C(=O)O)n2)on1. The molecule has 0 saturated heterocycles. The minimum absolute atomic E-state index is 0.0102. The maximum absolute atomic E-state index is 11.7. The smallest absolute Gasteiger partial charge is 0.354 e. The molecule has 1 amide bonds. The molecule has 7 nitrogen and oxygen atoms in total. The highest BCUT2D eigenvalue weighted by atomic mass is 16.5. The molecule has 0 unspecified atom stereocenters. The first-order valence-corrected chi connectivity index (χ1v) is 5.01. The summed E-state index contributed by atoms with van der Waals surface area (Å²) in [5, 5.41) is 14.8. The molecule has 0 aromatic carbocycles. The number of carboxylic acids is 1. The van der Waals surface area contributed by atoms with E-state index in [1.165, 1.54) is 18.2 Å². The van der Waals surface area contributed by atoms with Crippen molar-refractivity contribution >= 4 is 17.8 Å². The van der Waals surface area contributed by atoms with E-state index in [4.69, 9.17) is 9.63 Å². The van der Waals surface area contributed by atoms with Crippen LogP contribution in [0.5, 0.6) is 0 Å². The summed E-state index contributed by atoms with van der Waals surface area (Å²) >= 11 is 0. The van der Waals surface area contributed by atoms with Crippen LogP contribution in [0.2, 0.25) is 0 Å². The minimum atomic E-state index is -1.19. The van der Waals surface area contributed by atoms with Crippen molar-refractivity contribution in [2.24, 2.45) is 0 Å².